The van der Waals surface area contributed by atoms with Crippen molar-refractivity contribution < 1.29 is 0 Å². The molecule has 4 rings (SSSR count). The molecule has 0 aliphatic carbocycles. The summed E-state index contributed by atoms with van der Waals surface area (Å²) in [7, 11) is 0. The minimum atomic E-state index is 0.675. The van der Waals surface area contributed by atoms with Gasteiger partial charge in [0.2, 0.25) is 0 Å². The van der Waals surface area contributed by atoms with E-state index in [2.05, 4.69) is 42.5 Å². The Kier molecular flexibility index (Phi) is 4.86. The Hall–Kier alpha value is -2.44. The van der Waals surface area contributed by atoms with Gasteiger partial charge in [-0.25, -0.2) is 9.97 Å². The van der Waals surface area contributed by atoms with Gasteiger partial charge in [0.05, 0.1) is 11.0 Å². The normalized spacial score (nSPS) is 10.7. The third-order valence-corrected chi connectivity index (χ3v) is 4.84. The van der Waals surface area contributed by atoms with Gasteiger partial charge in [-0.15, -0.1) is 0 Å². The summed E-state index contributed by atoms with van der Waals surface area (Å²) in [4.78, 5) is 9.50. The predicted octanol–water partition coefficient (Wildman–Crippen LogP) is 6.64. The molecule has 4 aromatic rings. The zero-order chi connectivity index (χ0) is 17.9. The summed E-state index contributed by atoms with van der Waals surface area (Å²) in [6, 6.07) is 23.7. The number of hydrogen-bond donors (Lipinski definition) is 2. The first-order valence-corrected chi connectivity index (χ1v) is 9.58. The molecule has 26 heavy (non-hydrogen) atoms. The average Bonchev–Trinajstić information content (AvgIpc) is 2.66. The van der Waals surface area contributed by atoms with Gasteiger partial charge < -0.3 is 10.6 Å². The summed E-state index contributed by atoms with van der Waals surface area (Å²) in [5, 5.41) is 6.71. The summed E-state index contributed by atoms with van der Waals surface area (Å²) in [6.45, 7) is 0. The quantitative estimate of drug-likeness (QED) is 0.351. The van der Waals surface area contributed by atoms with E-state index in [4.69, 9.17) is 9.97 Å². The fourth-order valence-electron chi connectivity index (χ4n) is 2.51. The highest BCUT2D eigenvalue weighted by Gasteiger charge is 2.10. The number of nitrogens with zero attached hydrogens (tertiary/aromatic N) is 2. The number of hydrogen-bond acceptors (Lipinski definition) is 4. The molecule has 0 amide bonds. The Balaban J connectivity index is 1.75. The maximum Gasteiger partial charge on any atom is 0.174 e. The minimum absolute atomic E-state index is 0.675. The van der Waals surface area contributed by atoms with E-state index in [0.29, 0.717) is 11.6 Å². The van der Waals surface area contributed by atoms with Gasteiger partial charge in [0, 0.05) is 20.3 Å². The first kappa shape index (κ1) is 17.0. The number of anilines is 4. The first-order valence-electron chi connectivity index (χ1n) is 7.99. The van der Waals surface area contributed by atoms with Crippen molar-refractivity contribution in [3.05, 3.63) is 81.7 Å². The standard InChI is InChI=1S/C20H14Br2N4/c21-13-5-9-15(10-6-13)23-19-20(24-16-11-7-14(22)8-12-16)26-18-4-2-1-3-17(18)25-19/h1-12H,(H,23,25)(H,24,26). The Morgan fingerprint density at radius 1 is 0.538 bits per heavy atom. The van der Waals surface area contributed by atoms with Crippen molar-refractivity contribution in [2.45, 2.75) is 0 Å². The van der Waals surface area contributed by atoms with E-state index in [0.717, 1.165) is 31.4 Å². The number of rotatable bonds is 4. The summed E-state index contributed by atoms with van der Waals surface area (Å²) in [5.74, 6) is 1.35. The monoisotopic (exact) mass is 468 g/mol. The van der Waals surface area contributed by atoms with Crippen molar-refractivity contribution in [2.24, 2.45) is 0 Å². The minimum Gasteiger partial charge on any atom is -0.337 e. The van der Waals surface area contributed by atoms with E-state index >= 15 is 0 Å². The van der Waals surface area contributed by atoms with Crippen LogP contribution in [-0.4, -0.2) is 9.97 Å². The number of aromatic nitrogens is 2. The van der Waals surface area contributed by atoms with E-state index < -0.39 is 0 Å². The van der Waals surface area contributed by atoms with Gasteiger partial charge in [0.1, 0.15) is 0 Å². The molecule has 2 N–H and O–H groups in total. The molecule has 0 fully saturated rings. The van der Waals surface area contributed by atoms with Crippen molar-refractivity contribution >= 4 is 65.9 Å². The highest BCUT2D eigenvalue weighted by Crippen LogP contribution is 2.28. The second kappa shape index (κ2) is 7.43. The molecular formula is C20H14Br2N4. The van der Waals surface area contributed by atoms with E-state index in [-0.39, 0.29) is 0 Å². The van der Waals surface area contributed by atoms with E-state index in [1.807, 2.05) is 72.8 Å². The number of halogens is 2. The van der Waals surface area contributed by atoms with Crippen LogP contribution in [-0.2, 0) is 0 Å². The average molecular weight is 470 g/mol. The lowest BCUT2D eigenvalue weighted by Gasteiger charge is -2.13. The third-order valence-electron chi connectivity index (χ3n) is 3.78. The molecule has 1 aromatic heterocycles. The maximum atomic E-state index is 4.75. The zero-order valence-corrected chi connectivity index (χ0v) is 16.8. The topological polar surface area (TPSA) is 49.8 Å². The predicted molar refractivity (Wildman–Crippen MR) is 114 cm³/mol. The van der Waals surface area contributed by atoms with Crippen molar-refractivity contribution in [3.63, 3.8) is 0 Å². The van der Waals surface area contributed by atoms with Gasteiger partial charge in [-0.1, -0.05) is 44.0 Å². The summed E-state index contributed by atoms with van der Waals surface area (Å²) >= 11 is 6.91. The Morgan fingerprint density at radius 3 is 1.31 bits per heavy atom. The summed E-state index contributed by atoms with van der Waals surface area (Å²) in [6.07, 6.45) is 0. The SMILES string of the molecule is Brc1ccc(Nc2nc3ccccc3nc2Nc2ccc(Br)cc2)cc1. The van der Waals surface area contributed by atoms with Gasteiger partial charge in [-0.3, -0.25) is 0 Å². The molecular weight excluding hydrogens is 456 g/mol. The van der Waals surface area contributed by atoms with Gasteiger partial charge in [-0.2, -0.15) is 0 Å². The Bertz CT molecular complexity index is 962. The molecule has 0 aliphatic rings. The second-order valence-corrected chi connectivity index (χ2v) is 7.50. The number of nitrogens with one attached hydrogen (secondary N) is 2. The van der Waals surface area contributed by atoms with E-state index in [9.17, 15) is 0 Å². The highest BCUT2D eigenvalue weighted by atomic mass is 79.9. The Morgan fingerprint density at radius 2 is 0.923 bits per heavy atom. The molecule has 6 heteroatoms. The van der Waals surface area contributed by atoms with E-state index in [1.54, 1.807) is 0 Å². The largest absolute Gasteiger partial charge is 0.337 e. The third kappa shape index (κ3) is 3.86. The molecule has 0 bridgehead atoms. The molecule has 0 saturated heterocycles. The number of fused-ring (bicyclic) bond motifs is 1. The van der Waals surface area contributed by atoms with Gasteiger partial charge in [-0.05, 0) is 60.7 Å². The lowest BCUT2D eigenvalue weighted by Crippen LogP contribution is -2.03. The van der Waals surface area contributed by atoms with Crippen LogP contribution < -0.4 is 10.6 Å². The van der Waals surface area contributed by atoms with Crippen LogP contribution in [0.1, 0.15) is 0 Å². The fourth-order valence-corrected chi connectivity index (χ4v) is 3.04. The van der Waals surface area contributed by atoms with Gasteiger partial charge in [0.25, 0.3) is 0 Å². The second-order valence-electron chi connectivity index (χ2n) is 5.67. The van der Waals surface area contributed by atoms with Crippen molar-refractivity contribution in [2.75, 3.05) is 10.6 Å². The van der Waals surface area contributed by atoms with Crippen LogP contribution in [0.4, 0.5) is 23.0 Å². The van der Waals surface area contributed by atoms with E-state index in [1.165, 1.54) is 0 Å². The van der Waals surface area contributed by atoms with Crippen LogP contribution in [0.5, 0.6) is 0 Å². The van der Waals surface area contributed by atoms with Gasteiger partial charge >= 0.3 is 0 Å². The maximum absolute atomic E-state index is 4.75. The van der Waals surface area contributed by atoms with Crippen molar-refractivity contribution in [3.8, 4) is 0 Å². The fraction of sp³-hybridized carbons (Fsp3) is 0. The van der Waals surface area contributed by atoms with Crippen LogP contribution >= 0.6 is 31.9 Å². The molecule has 0 spiro atoms. The summed E-state index contributed by atoms with van der Waals surface area (Å²) < 4.78 is 2.06. The lowest BCUT2D eigenvalue weighted by molar-refractivity contribution is 1.27. The lowest BCUT2D eigenvalue weighted by atomic mass is 10.3. The smallest absolute Gasteiger partial charge is 0.174 e. The molecule has 128 valence electrons. The molecule has 3 aromatic carbocycles. The number of para-hydroxylation sites is 2. The van der Waals surface area contributed by atoms with Crippen LogP contribution in [0.3, 0.4) is 0 Å². The van der Waals surface area contributed by atoms with Crippen molar-refractivity contribution in [1.82, 2.24) is 9.97 Å². The molecule has 0 aliphatic heterocycles. The Labute approximate surface area is 168 Å². The van der Waals surface area contributed by atoms with Gasteiger partial charge in [0.15, 0.2) is 11.6 Å². The van der Waals surface area contributed by atoms with Crippen LogP contribution in [0, 0.1) is 0 Å². The molecule has 0 unspecified atom stereocenters. The molecule has 4 nitrogen and oxygen atoms in total. The first-order chi connectivity index (χ1) is 12.7. The molecule has 0 atom stereocenters. The van der Waals surface area contributed by atoms with Crippen molar-refractivity contribution in [1.29, 1.82) is 0 Å². The highest BCUT2D eigenvalue weighted by molar-refractivity contribution is 9.10. The van der Waals surface area contributed by atoms with Crippen LogP contribution in [0.15, 0.2) is 81.7 Å². The number of benzene rings is 3. The van der Waals surface area contributed by atoms with Crippen LogP contribution in [0.25, 0.3) is 11.0 Å². The van der Waals surface area contributed by atoms with Crippen LogP contribution in [0.2, 0.25) is 0 Å². The molecule has 1 heterocycles. The summed E-state index contributed by atoms with van der Waals surface area (Å²) in [5.41, 5.74) is 3.57. The molecule has 0 saturated carbocycles. The molecule has 0 radical (unpaired) electrons. The zero-order valence-electron chi connectivity index (χ0n) is 13.6.